The van der Waals surface area contributed by atoms with Crippen LogP contribution in [0, 0.1) is 0 Å². The van der Waals surface area contributed by atoms with E-state index in [2.05, 4.69) is 0 Å². The minimum absolute atomic E-state index is 3.87. The van der Waals surface area contributed by atoms with Crippen molar-refractivity contribution in [2.45, 2.75) is 41.5 Å². The molecule has 0 unspecified atom stereocenters. The van der Waals surface area contributed by atoms with Crippen LogP contribution in [0.2, 0.25) is 0 Å². The van der Waals surface area contributed by atoms with E-state index in [1.807, 2.05) is 0 Å². The van der Waals surface area contributed by atoms with E-state index in [9.17, 15) is 70.7 Å². The monoisotopic (exact) mass is 438 g/mol. The average Bonchev–Trinajstić information content (AvgIpc) is 2.41. The maximum Gasteiger partial charge on any atom is 0.426 e. The summed E-state index contributed by atoms with van der Waals surface area (Å²) in [6.45, 7) is 0. The number of carboxylic acids is 1. The molecule has 1 aliphatic rings. The van der Waals surface area contributed by atoms with Crippen molar-refractivity contribution in [1.29, 1.82) is 0 Å². The third-order valence-corrected chi connectivity index (χ3v) is 3.46. The maximum atomic E-state index is 14.0. The van der Waals surface area contributed by atoms with Crippen LogP contribution in [-0.4, -0.2) is 52.5 Å². The summed E-state index contributed by atoms with van der Waals surface area (Å²) in [5.74, 6) is -48.4. The van der Waals surface area contributed by atoms with Gasteiger partial charge in [0.15, 0.2) is 11.4 Å². The van der Waals surface area contributed by atoms with Crippen LogP contribution in [0.5, 0.6) is 0 Å². The summed E-state index contributed by atoms with van der Waals surface area (Å²) in [7, 11) is 0. The Morgan fingerprint density at radius 1 is 0.630 bits per heavy atom. The van der Waals surface area contributed by atoms with Gasteiger partial charge in [-0.3, -0.25) is 0 Å². The molecule has 1 fully saturated rings. The number of rotatable bonds is 2. The average molecular weight is 438 g/mol. The number of halogens is 15. The van der Waals surface area contributed by atoms with E-state index < -0.39 is 58.8 Å². The van der Waals surface area contributed by atoms with Crippen LogP contribution in [0.1, 0.15) is 0 Å². The molecule has 0 radical (unpaired) electrons. The Kier molecular flexibility index (Phi) is 4.61. The SMILES string of the molecule is O=C(O)C(=C(F)C1(F)C(F)(F)C(F)(F)C(F)(F)C(F)(F)C1(F)F)C(F)(F)F. The molecule has 0 aromatic carbocycles. The van der Waals surface area contributed by atoms with E-state index >= 15 is 0 Å². The zero-order valence-electron chi connectivity index (χ0n) is 11.5. The first-order valence-corrected chi connectivity index (χ1v) is 5.76. The first-order chi connectivity index (χ1) is 11.5. The molecule has 0 spiro atoms. The predicted octanol–water partition coefficient (Wildman–Crippen LogP) is 4.76. The van der Waals surface area contributed by atoms with Gasteiger partial charge in [0.05, 0.1) is 0 Å². The van der Waals surface area contributed by atoms with Crippen LogP contribution < -0.4 is 0 Å². The van der Waals surface area contributed by atoms with Gasteiger partial charge < -0.3 is 5.11 Å². The standard InChI is InChI=1S/C10HF15O2/c11-2(1(3(26)27)5(13,14)15)4(12)6(16,17)8(20,21)10(24,25)9(22,23)7(4,18)19/h(H,26,27). The Balaban J connectivity index is 4.18. The lowest BCUT2D eigenvalue weighted by Gasteiger charge is -2.51. The Hall–Kier alpha value is -1.84. The first kappa shape index (κ1) is 23.2. The number of aliphatic carboxylic acids is 1. The van der Waals surface area contributed by atoms with Crippen LogP contribution in [-0.2, 0) is 4.79 Å². The van der Waals surface area contributed by atoms with Crippen LogP contribution in [0.3, 0.4) is 0 Å². The van der Waals surface area contributed by atoms with E-state index in [4.69, 9.17) is 5.11 Å². The molecule has 0 heterocycles. The van der Waals surface area contributed by atoms with E-state index in [0.717, 1.165) is 0 Å². The number of hydrogen-bond donors (Lipinski definition) is 1. The van der Waals surface area contributed by atoms with Gasteiger partial charge in [0.2, 0.25) is 0 Å². The van der Waals surface area contributed by atoms with Gasteiger partial charge in [0.25, 0.3) is 0 Å². The Morgan fingerprint density at radius 3 is 1.11 bits per heavy atom. The molecule has 0 aromatic rings. The van der Waals surface area contributed by atoms with E-state index in [-0.39, 0.29) is 0 Å². The molecule has 0 saturated heterocycles. The van der Waals surface area contributed by atoms with Gasteiger partial charge >= 0.3 is 47.4 Å². The molecule has 27 heavy (non-hydrogen) atoms. The van der Waals surface area contributed by atoms with Crippen molar-refractivity contribution in [1.82, 2.24) is 0 Å². The van der Waals surface area contributed by atoms with Gasteiger partial charge in [-0.25, -0.2) is 13.6 Å². The Labute approximate surface area is 136 Å². The van der Waals surface area contributed by atoms with Crippen LogP contribution >= 0.6 is 0 Å². The zero-order valence-corrected chi connectivity index (χ0v) is 11.5. The van der Waals surface area contributed by atoms with Gasteiger partial charge in [-0.05, 0) is 0 Å². The molecule has 158 valence electrons. The number of carbonyl (C=O) groups is 1. The molecule has 2 nitrogen and oxygen atoms in total. The quantitative estimate of drug-likeness (QED) is 0.499. The van der Waals surface area contributed by atoms with Gasteiger partial charge in [-0.1, -0.05) is 0 Å². The lowest BCUT2D eigenvalue weighted by Crippen LogP contribution is -2.84. The van der Waals surface area contributed by atoms with Gasteiger partial charge in [-0.15, -0.1) is 0 Å². The van der Waals surface area contributed by atoms with Crippen molar-refractivity contribution in [3.05, 3.63) is 11.4 Å². The van der Waals surface area contributed by atoms with Crippen molar-refractivity contribution >= 4 is 5.97 Å². The van der Waals surface area contributed by atoms with E-state index in [1.165, 1.54) is 0 Å². The molecule has 17 heteroatoms. The predicted molar refractivity (Wildman–Crippen MR) is 50.4 cm³/mol. The molecule has 1 saturated carbocycles. The minimum Gasteiger partial charge on any atom is -0.478 e. The number of hydrogen-bond acceptors (Lipinski definition) is 1. The van der Waals surface area contributed by atoms with Crippen molar-refractivity contribution in [3.8, 4) is 0 Å². The van der Waals surface area contributed by atoms with Crippen molar-refractivity contribution < 1.29 is 75.8 Å². The third-order valence-electron chi connectivity index (χ3n) is 3.46. The molecular formula is C10HF15O2. The lowest BCUT2D eigenvalue weighted by atomic mass is 9.71. The van der Waals surface area contributed by atoms with Crippen LogP contribution in [0.25, 0.3) is 0 Å². The topological polar surface area (TPSA) is 37.3 Å². The first-order valence-electron chi connectivity index (χ1n) is 5.76. The molecule has 1 N–H and O–H groups in total. The summed E-state index contributed by atoms with van der Waals surface area (Å²) < 4.78 is 196. The van der Waals surface area contributed by atoms with Crippen LogP contribution in [0.4, 0.5) is 65.9 Å². The lowest BCUT2D eigenvalue weighted by molar-refractivity contribution is -0.480. The van der Waals surface area contributed by atoms with E-state index in [1.54, 1.807) is 0 Å². The zero-order chi connectivity index (χ0) is 22.2. The fourth-order valence-electron chi connectivity index (χ4n) is 2.01. The number of allylic oxidation sites excluding steroid dienone is 1. The molecule has 0 aliphatic heterocycles. The third kappa shape index (κ3) is 2.28. The molecule has 1 rings (SSSR count). The van der Waals surface area contributed by atoms with Gasteiger partial charge in [0.1, 0.15) is 0 Å². The number of alkyl halides is 14. The summed E-state index contributed by atoms with van der Waals surface area (Å²) in [5.41, 5.74) is -12.2. The second-order valence-electron chi connectivity index (χ2n) is 5.02. The number of carboxylic acid groups (broad SMARTS) is 1. The smallest absolute Gasteiger partial charge is 0.426 e. The largest absolute Gasteiger partial charge is 0.478 e. The summed E-state index contributed by atoms with van der Waals surface area (Å²) in [6, 6.07) is 0. The fraction of sp³-hybridized carbons (Fsp3) is 0.700. The summed E-state index contributed by atoms with van der Waals surface area (Å²) in [6.07, 6.45) is -6.87. The summed E-state index contributed by atoms with van der Waals surface area (Å²) >= 11 is 0. The van der Waals surface area contributed by atoms with Crippen molar-refractivity contribution in [3.63, 3.8) is 0 Å². The van der Waals surface area contributed by atoms with Crippen molar-refractivity contribution in [2.24, 2.45) is 0 Å². The molecule has 0 atom stereocenters. The Morgan fingerprint density at radius 2 is 0.889 bits per heavy atom. The highest BCUT2D eigenvalue weighted by atomic mass is 19.4. The normalized spacial score (nSPS) is 28.3. The van der Waals surface area contributed by atoms with Crippen molar-refractivity contribution in [2.75, 3.05) is 0 Å². The fourth-order valence-corrected chi connectivity index (χ4v) is 2.01. The molecule has 0 bridgehead atoms. The molecule has 0 aromatic heterocycles. The van der Waals surface area contributed by atoms with E-state index in [0.29, 0.717) is 0 Å². The van der Waals surface area contributed by atoms with Crippen LogP contribution in [0.15, 0.2) is 11.4 Å². The summed E-state index contributed by atoms with van der Waals surface area (Å²) in [5, 5.41) is 8.03. The maximum absolute atomic E-state index is 14.0. The van der Waals surface area contributed by atoms with Gasteiger partial charge in [0, 0.05) is 0 Å². The summed E-state index contributed by atoms with van der Waals surface area (Å²) in [4.78, 5) is 10.2. The molecule has 1 aliphatic carbocycles. The second-order valence-corrected chi connectivity index (χ2v) is 5.02. The minimum atomic E-state index is -7.97. The van der Waals surface area contributed by atoms with Gasteiger partial charge in [-0.2, -0.15) is 57.1 Å². The highest BCUT2D eigenvalue weighted by Crippen LogP contribution is 2.71. The highest BCUT2D eigenvalue weighted by molar-refractivity contribution is 5.89. The molecular weight excluding hydrogens is 437 g/mol. The molecule has 0 amide bonds. The second kappa shape index (κ2) is 5.36. The highest BCUT2D eigenvalue weighted by Gasteiger charge is 3.02. The Bertz CT molecular complexity index is 655.